The summed E-state index contributed by atoms with van der Waals surface area (Å²) in [5, 5.41) is 2.99. The number of nitrogens with one attached hydrogen (secondary N) is 1. The molecule has 2 aliphatic heterocycles. The lowest BCUT2D eigenvalue weighted by molar-refractivity contribution is 0.488. The highest BCUT2D eigenvalue weighted by Crippen LogP contribution is 2.21. The Labute approximate surface area is 68.0 Å². The van der Waals surface area contributed by atoms with Crippen LogP contribution in [0.1, 0.15) is 0 Å². The highest BCUT2D eigenvalue weighted by Gasteiger charge is 2.18. The van der Waals surface area contributed by atoms with Crippen LogP contribution in [0.15, 0.2) is 30.2 Å². The molecule has 0 aromatic rings. The molecule has 51 valence electrons. The minimum Gasteiger partial charge on any atom is -0.339 e. The fraction of sp³-hybridized carbons (Fsp3) is 0.143. The van der Waals surface area contributed by atoms with Crippen LogP contribution in [0.4, 0.5) is 0 Å². The maximum absolute atomic E-state index is 3.48. The van der Waals surface area contributed by atoms with Crippen molar-refractivity contribution in [2.45, 2.75) is 4.95 Å². The summed E-state index contributed by atoms with van der Waals surface area (Å²) in [6.07, 6.45) is 10.9. The number of allylic oxidation sites excluding steroid dienone is 2. The standard InChI is InChI=1S/C7H6BrN2/c8-6-2-1-3-7-9-4-5-10(6)7/h1-3,5-6,9H. The lowest BCUT2D eigenvalue weighted by atomic mass is 10.3. The summed E-state index contributed by atoms with van der Waals surface area (Å²) in [5.74, 6) is 1.07. The van der Waals surface area contributed by atoms with Crippen molar-refractivity contribution >= 4 is 15.9 Å². The Hall–Kier alpha value is -0.700. The molecule has 2 aliphatic rings. The molecule has 1 atom stereocenters. The zero-order chi connectivity index (χ0) is 6.97. The Balaban J connectivity index is 2.31. The maximum atomic E-state index is 3.48. The molecule has 0 aromatic carbocycles. The van der Waals surface area contributed by atoms with Crippen molar-refractivity contribution in [2.24, 2.45) is 0 Å². The van der Waals surface area contributed by atoms with Crippen molar-refractivity contribution in [2.75, 3.05) is 0 Å². The van der Waals surface area contributed by atoms with E-state index >= 15 is 0 Å². The van der Waals surface area contributed by atoms with E-state index in [1.54, 1.807) is 0 Å². The minimum absolute atomic E-state index is 0.273. The highest BCUT2D eigenvalue weighted by molar-refractivity contribution is 9.09. The molecule has 2 rings (SSSR count). The normalized spacial score (nSPS) is 27.9. The Kier molecular flexibility index (Phi) is 1.31. The fourth-order valence-corrected chi connectivity index (χ4v) is 1.49. The average molecular weight is 198 g/mol. The van der Waals surface area contributed by atoms with Gasteiger partial charge < -0.3 is 10.2 Å². The zero-order valence-electron chi connectivity index (χ0n) is 5.21. The SMILES string of the molecule is BrC1C=CC=C2N[C]=CN21. The molecule has 0 saturated carbocycles. The molecular weight excluding hydrogens is 192 g/mol. The molecule has 0 bridgehead atoms. The highest BCUT2D eigenvalue weighted by atomic mass is 79.9. The second-order valence-corrected chi connectivity index (χ2v) is 3.05. The van der Waals surface area contributed by atoms with Gasteiger partial charge in [-0.25, -0.2) is 0 Å². The van der Waals surface area contributed by atoms with Crippen LogP contribution in [-0.2, 0) is 0 Å². The van der Waals surface area contributed by atoms with Gasteiger partial charge in [-0.2, -0.15) is 0 Å². The Morgan fingerprint density at radius 2 is 2.60 bits per heavy atom. The topological polar surface area (TPSA) is 15.3 Å². The van der Waals surface area contributed by atoms with Gasteiger partial charge in [-0.15, -0.1) is 0 Å². The number of halogens is 1. The summed E-state index contributed by atoms with van der Waals surface area (Å²) < 4.78 is 0. The van der Waals surface area contributed by atoms with E-state index in [9.17, 15) is 0 Å². The van der Waals surface area contributed by atoms with E-state index in [2.05, 4.69) is 38.4 Å². The van der Waals surface area contributed by atoms with Gasteiger partial charge in [0.05, 0.1) is 6.20 Å². The summed E-state index contributed by atoms with van der Waals surface area (Å²) in [6, 6.07) is 0. The largest absolute Gasteiger partial charge is 0.339 e. The van der Waals surface area contributed by atoms with Gasteiger partial charge in [0.25, 0.3) is 0 Å². The molecule has 2 heterocycles. The summed E-state index contributed by atoms with van der Waals surface area (Å²) in [6.45, 7) is 0. The first-order valence-electron chi connectivity index (χ1n) is 3.04. The number of nitrogens with zero attached hydrogens (tertiary/aromatic N) is 1. The van der Waals surface area contributed by atoms with Gasteiger partial charge in [0.1, 0.15) is 10.8 Å². The first-order valence-corrected chi connectivity index (χ1v) is 3.95. The molecule has 1 unspecified atom stereocenters. The van der Waals surface area contributed by atoms with Crippen molar-refractivity contribution in [3.05, 3.63) is 36.4 Å². The maximum Gasteiger partial charge on any atom is 0.111 e. The average Bonchev–Trinajstić information content (AvgIpc) is 2.36. The molecule has 0 fully saturated rings. The van der Waals surface area contributed by atoms with Crippen molar-refractivity contribution in [3.63, 3.8) is 0 Å². The summed E-state index contributed by atoms with van der Waals surface area (Å²) in [7, 11) is 0. The number of hydrogen-bond donors (Lipinski definition) is 1. The summed E-state index contributed by atoms with van der Waals surface area (Å²) in [4.78, 5) is 2.33. The molecule has 2 nitrogen and oxygen atoms in total. The van der Waals surface area contributed by atoms with Crippen molar-refractivity contribution < 1.29 is 0 Å². The molecule has 0 saturated heterocycles. The van der Waals surface area contributed by atoms with Gasteiger partial charge in [0, 0.05) is 6.20 Å². The van der Waals surface area contributed by atoms with E-state index in [0.29, 0.717) is 0 Å². The van der Waals surface area contributed by atoms with Gasteiger partial charge in [-0.05, 0) is 6.08 Å². The van der Waals surface area contributed by atoms with E-state index in [1.807, 2.05) is 18.4 Å². The van der Waals surface area contributed by atoms with Crippen molar-refractivity contribution in [1.29, 1.82) is 0 Å². The Morgan fingerprint density at radius 1 is 1.70 bits per heavy atom. The third-order valence-electron chi connectivity index (χ3n) is 1.47. The third-order valence-corrected chi connectivity index (χ3v) is 2.22. The van der Waals surface area contributed by atoms with Crippen LogP contribution in [0.3, 0.4) is 0 Å². The van der Waals surface area contributed by atoms with Crippen LogP contribution >= 0.6 is 15.9 Å². The number of rotatable bonds is 0. The van der Waals surface area contributed by atoms with Crippen LogP contribution in [0.25, 0.3) is 0 Å². The predicted octanol–water partition coefficient (Wildman–Crippen LogP) is 1.30. The zero-order valence-corrected chi connectivity index (χ0v) is 6.80. The van der Waals surface area contributed by atoms with E-state index in [4.69, 9.17) is 0 Å². The molecular formula is C7H6BrN2. The van der Waals surface area contributed by atoms with E-state index in [-0.39, 0.29) is 4.95 Å². The first-order chi connectivity index (χ1) is 4.88. The van der Waals surface area contributed by atoms with Crippen LogP contribution in [0.5, 0.6) is 0 Å². The van der Waals surface area contributed by atoms with Crippen LogP contribution in [0.2, 0.25) is 0 Å². The van der Waals surface area contributed by atoms with Crippen LogP contribution < -0.4 is 5.32 Å². The third kappa shape index (κ3) is 0.778. The molecule has 0 amide bonds. The predicted molar refractivity (Wildman–Crippen MR) is 42.7 cm³/mol. The molecule has 1 N–H and O–H groups in total. The fourth-order valence-electron chi connectivity index (χ4n) is 0.973. The molecule has 0 spiro atoms. The van der Waals surface area contributed by atoms with Gasteiger partial charge in [-0.3, -0.25) is 0 Å². The summed E-state index contributed by atoms with van der Waals surface area (Å²) >= 11 is 3.48. The van der Waals surface area contributed by atoms with Crippen molar-refractivity contribution in [3.8, 4) is 0 Å². The second kappa shape index (κ2) is 2.16. The van der Waals surface area contributed by atoms with E-state index < -0.39 is 0 Å². The number of alkyl halides is 1. The van der Waals surface area contributed by atoms with Gasteiger partial charge in [0.2, 0.25) is 0 Å². The molecule has 3 heteroatoms. The monoisotopic (exact) mass is 197 g/mol. The van der Waals surface area contributed by atoms with Gasteiger partial charge >= 0.3 is 0 Å². The van der Waals surface area contributed by atoms with Crippen molar-refractivity contribution in [1.82, 2.24) is 10.2 Å². The lowest BCUT2D eigenvalue weighted by Gasteiger charge is -2.23. The molecule has 0 aromatic heterocycles. The quantitative estimate of drug-likeness (QED) is 0.466. The number of fused-ring (bicyclic) bond motifs is 1. The second-order valence-electron chi connectivity index (χ2n) is 2.12. The van der Waals surface area contributed by atoms with Gasteiger partial charge in [0.15, 0.2) is 0 Å². The lowest BCUT2D eigenvalue weighted by Crippen LogP contribution is -2.26. The van der Waals surface area contributed by atoms with Crippen LogP contribution in [0, 0.1) is 6.20 Å². The number of hydrogen-bond acceptors (Lipinski definition) is 2. The summed E-state index contributed by atoms with van der Waals surface area (Å²) in [5.41, 5.74) is 0. The van der Waals surface area contributed by atoms with E-state index in [1.165, 1.54) is 0 Å². The smallest absolute Gasteiger partial charge is 0.111 e. The molecule has 0 aliphatic carbocycles. The van der Waals surface area contributed by atoms with Gasteiger partial charge in [-0.1, -0.05) is 28.1 Å². The van der Waals surface area contributed by atoms with E-state index in [0.717, 1.165) is 5.82 Å². The molecule has 1 radical (unpaired) electrons. The minimum atomic E-state index is 0.273. The Bertz CT molecular complexity index is 230. The first kappa shape index (κ1) is 6.04. The Morgan fingerprint density at radius 3 is 3.40 bits per heavy atom. The molecule has 10 heavy (non-hydrogen) atoms. The van der Waals surface area contributed by atoms with Crippen LogP contribution in [-0.4, -0.2) is 9.85 Å².